The Bertz CT molecular complexity index is 602. The average Bonchev–Trinajstić information content (AvgIpc) is 3.20. The Morgan fingerprint density at radius 3 is 2.82 bits per heavy atom. The molecule has 4 rings (SSSR count). The van der Waals surface area contributed by atoms with Crippen molar-refractivity contribution in [3.8, 4) is 0 Å². The van der Waals surface area contributed by atoms with Gasteiger partial charge in [0, 0.05) is 43.0 Å². The largest absolute Gasteiger partial charge is 0.354 e. The second-order valence-corrected chi connectivity index (χ2v) is 7.29. The van der Waals surface area contributed by atoms with E-state index in [0.717, 1.165) is 30.5 Å². The highest BCUT2D eigenvalue weighted by molar-refractivity contribution is 7.09. The number of thiazole rings is 1. The highest BCUT2D eigenvalue weighted by Crippen LogP contribution is 2.38. The van der Waals surface area contributed by atoms with Gasteiger partial charge in [0.2, 0.25) is 0 Å². The van der Waals surface area contributed by atoms with E-state index in [4.69, 9.17) is 0 Å². The molecule has 1 aliphatic heterocycles. The third kappa shape index (κ3) is 2.98. The number of anilines is 1. The summed E-state index contributed by atoms with van der Waals surface area (Å²) in [4.78, 5) is 6.66. The van der Waals surface area contributed by atoms with Crippen molar-refractivity contribution in [2.24, 2.45) is 5.92 Å². The van der Waals surface area contributed by atoms with E-state index in [9.17, 15) is 0 Å². The van der Waals surface area contributed by atoms with Crippen molar-refractivity contribution < 1.29 is 0 Å². The van der Waals surface area contributed by atoms with Crippen LogP contribution >= 0.6 is 11.3 Å². The van der Waals surface area contributed by atoms with Gasteiger partial charge in [-0.05, 0) is 31.9 Å². The maximum absolute atomic E-state index is 4.38. The van der Waals surface area contributed by atoms with Crippen LogP contribution in [0, 0.1) is 5.92 Å². The molecule has 0 amide bonds. The van der Waals surface area contributed by atoms with E-state index < -0.39 is 0 Å². The number of rotatable bonds is 6. The molecule has 2 aromatic heterocycles. The standard InChI is InChI=1S/C16H21N5S/c1-11(16-17-6-7-22-16)18-8-12-9-21(10-12)15-5-4-14(19-20-15)13-2-3-13/h4-7,11-13,18H,2-3,8-10H2,1H3. The number of hydrogen-bond donors (Lipinski definition) is 1. The zero-order valence-corrected chi connectivity index (χ0v) is 13.6. The highest BCUT2D eigenvalue weighted by atomic mass is 32.1. The van der Waals surface area contributed by atoms with Crippen molar-refractivity contribution in [1.82, 2.24) is 20.5 Å². The van der Waals surface area contributed by atoms with Gasteiger partial charge in [-0.15, -0.1) is 16.4 Å². The van der Waals surface area contributed by atoms with Crippen LogP contribution in [0.2, 0.25) is 0 Å². The molecule has 2 fully saturated rings. The summed E-state index contributed by atoms with van der Waals surface area (Å²) in [6.45, 7) is 5.34. The van der Waals surface area contributed by atoms with Gasteiger partial charge in [-0.1, -0.05) is 0 Å². The van der Waals surface area contributed by atoms with Crippen molar-refractivity contribution in [3.63, 3.8) is 0 Å². The summed E-state index contributed by atoms with van der Waals surface area (Å²) in [6.07, 6.45) is 4.43. The van der Waals surface area contributed by atoms with Crippen LogP contribution in [0.15, 0.2) is 23.7 Å². The van der Waals surface area contributed by atoms with Gasteiger partial charge in [0.15, 0.2) is 5.82 Å². The lowest BCUT2D eigenvalue weighted by Gasteiger charge is -2.40. The maximum Gasteiger partial charge on any atom is 0.151 e. The van der Waals surface area contributed by atoms with Gasteiger partial charge >= 0.3 is 0 Å². The van der Waals surface area contributed by atoms with Gasteiger partial charge in [0.05, 0.1) is 11.7 Å². The topological polar surface area (TPSA) is 53.9 Å². The predicted octanol–water partition coefficient (Wildman–Crippen LogP) is 2.60. The molecule has 0 radical (unpaired) electrons. The Hall–Kier alpha value is -1.53. The van der Waals surface area contributed by atoms with E-state index >= 15 is 0 Å². The van der Waals surface area contributed by atoms with Crippen LogP contribution in [0.3, 0.4) is 0 Å². The minimum Gasteiger partial charge on any atom is -0.354 e. The molecule has 0 bridgehead atoms. The normalized spacial score (nSPS) is 20.0. The third-order valence-corrected chi connectivity index (χ3v) is 5.44. The number of aromatic nitrogens is 3. The fourth-order valence-corrected chi connectivity index (χ4v) is 3.54. The van der Waals surface area contributed by atoms with Crippen LogP contribution in [0.5, 0.6) is 0 Å². The Morgan fingerprint density at radius 2 is 2.18 bits per heavy atom. The smallest absolute Gasteiger partial charge is 0.151 e. The summed E-state index contributed by atoms with van der Waals surface area (Å²) in [6, 6.07) is 4.62. The number of nitrogens with one attached hydrogen (secondary N) is 1. The molecule has 116 valence electrons. The summed E-state index contributed by atoms with van der Waals surface area (Å²) in [7, 11) is 0. The lowest BCUT2D eigenvalue weighted by atomic mass is 10.00. The summed E-state index contributed by atoms with van der Waals surface area (Å²) in [5.41, 5.74) is 1.17. The number of hydrogen-bond acceptors (Lipinski definition) is 6. The van der Waals surface area contributed by atoms with E-state index in [1.807, 2.05) is 11.6 Å². The van der Waals surface area contributed by atoms with Crippen molar-refractivity contribution >= 4 is 17.2 Å². The molecule has 22 heavy (non-hydrogen) atoms. The van der Waals surface area contributed by atoms with Crippen LogP contribution in [0.1, 0.15) is 42.4 Å². The first kappa shape index (κ1) is 14.1. The third-order valence-electron chi connectivity index (χ3n) is 4.48. The van der Waals surface area contributed by atoms with Crippen LogP contribution < -0.4 is 10.2 Å². The summed E-state index contributed by atoms with van der Waals surface area (Å²) >= 11 is 1.71. The second-order valence-electron chi connectivity index (χ2n) is 6.36. The fraction of sp³-hybridized carbons (Fsp3) is 0.562. The van der Waals surface area contributed by atoms with E-state index in [1.165, 1.54) is 18.5 Å². The van der Waals surface area contributed by atoms with Gasteiger partial charge < -0.3 is 10.2 Å². The summed E-state index contributed by atoms with van der Waals surface area (Å²) in [5.74, 6) is 2.39. The molecular formula is C16H21N5S. The van der Waals surface area contributed by atoms with Gasteiger partial charge in [-0.3, -0.25) is 0 Å². The molecular weight excluding hydrogens is 294 g/mol. The molecule has 1 N–H and O–H groups in total. The molecule has 0 aromatic carbocycles. The fourth-order valence-electron chi connectivity index (χ4n) is 2.87. The first-order valence-corrected chi connectivity index (χ1v) is 8.89. The SMILES string of the molecule is CC(NCC1CN(c2ccc(C3CC3)nn2)C1)c1nccs1. The first-order chi connectivity index (χ1) is 10.8. The predicted molar refractivity (Wildman–Crippen MR) is 88.2 cm³/mol. The van der Waals surface area contributed by atoms with E-state index in [0.29, 0.717) is 17.9 Å². The molecule has 2 aliphatic rings. The van der Waals surface area contributed by atoms with Crippen LogP contribution in [-0.2, 0) is 0 Å². The quantitative estimate of drug-likeness (QED) is 0.888. The zero-order valence-electron chi connectivity index (χ0n) is 12.8. The molecule has 2 aromatic rings. The minimum absolute atomic E-state index is 0.340. The van der Waals surface area contributed by atoms with Gasteiger partial charge in [0.25, 0.3) is 0 Å². The van der Waals surface area contributed by atoms with Gasteiger partial charge in [0.1, 0.15) is 5.01 Å². The van der Waals surface area contributed by atoms with Crippen molar-refractivity contribution in [3.05, 3.63) is 34.4 Å². The van der Waals surface area contributed by atoms with Crippen LogP contribution in [0.4, 0.5) is 5.82 Å². The molecule has 1 atom stereocenters. The highest BCUT2D eigenvalue weighted by Gasteiger charge is 2.29. The summed E-state index contributed by atoms with van der Waals surface area (Å²) in [5, 5.41) is 15.5. The van der Waals surface area contributed by atoms with E-state index in [2.05, 4.69) is 44.5 Å². The van der Waals surface area contributed by atoms with E-state index in [-0.39, 0.29) is 0 Å². The van der Waals surface area contributed by atoms with Crippen molar-refractivity contribution in [2.45, 2.75) is 31.7 Å². The monoisotopic (exact) mass is 315 g/mol. The molecule has 5 nitrogen and oxygen atoms in total. The lowest BCUT2D eigenvalue weighted by molar-refractivity contribution is 0.366. The lowest BCUT2D eigenvalue weighted by Crippen LogP contribution is -2.51. The molecule has 0 spiro atoms. The minimum atomic E-state index is 0.340. The van der Waals surface area contributed by atoms with Crippen molar-refractivity contribution in [2.75, 3.05) is 24.5 Å². The maximum atomic E-state index is 4.38. The summed E-state index contributed by atoms with van der Waals surface area (Å²) < 4.78 is 0. The van der Waals surface area contributed by atoms with Gasteiger partial charge in [-0.25, -0.2) is 4.98 Å². The molecule has 1 aliphatic carbocycles. The molecule has 1 unspecified atom stereocenters. The van der Waals surface area contributed by atoms with Crippen LogP contribution in [-0.4, -0.2) is 34.8 Å². The van der Waals surface area contributed by atoms with Crippen LogP contribution in [0.25, 0.3) is 0 Å². The Balaban J connectivity index is 1.23. The Kier molecular flexibility index (Phi) is 3.80. The Morgan fingerprint density at radius 1 is 1.32 bits per heavy atom. The molecule has 3 heterocycles. The van der Waals surface area contributed by atoms with E-state index in [1.54, 1.807) is 11.3 Å². The van der Waals surface area contributed by atoms with Crippen molar-refractivity contribution in [1.29, 1.82) is 0 Å². The molecule has 1 saturated heterocycles. The Labute approximate surface area is 134 Å². The average molecular weight is 315 g/mol. The number of nitrogens with zero attached hydrogens (tertiary/aromatic N) is 4. The first-order valence-electron chi connectivity index (χ1n) is 8.01. The molecule has 6 heteroatoms. The van der Waals surface area contributed by atoms with Gasteiger partial charge in [-0.2, -0.15) is 5.10 Å². The molecule has 1 saturated carbocycles. The zero-order chi connectivity index (χ0) is 14.9. The second kappa shape index (κ2) is 5.93.